The van der Waals surface area contributed by atoms with Gasteiger partial charge in [-0.25, -0.2) is 0 Å². The Bertz CT molecular complexity index is 897. The number of rotatable bonds is 6. The molecule has 3 rings (SSSR count). The number of aryl methyl sites for hydroxylation is 1. The molecule has 0 radical (unpaired) electrons. The largest absolute Gasteiger partial charge is 0.452 e. The number of nitrogens with one attached hydrogen (secondary N) is 2. The van der Waals surface area contributed by atoms with E-state index in [1.54, 1.807) is 26.1 Å². The minimum Gasteiger partial charge on any atom is -0.452 e. The Morgan fingerprint density at radius 2 is 2.16 bits per heavy atom. The molecule has 1 aromatic carbocycles. The number of nitrogens with zero attached hydrogens (tertiary/aromatic N) is 1. The van der Waals surface area contributed by atoms with Crippen molar-refractivity contribution in [3.8, 4) is 0 Å². The van der Waals surface area contributed by atoms with E-state index in [2.05, 4.69) is 15.5 Å². The first-order chi connectivity index (χ1) is 12.1. The van der Waals surface area contributed by atoms with E-state index in [4.69, 9.17) is 9.26 Å². The minimum absolute atomic E-state index is 0.0941. The first-order valence-corrected chi connectivity index (χ1v) is 8.05. The van der Waals surface area contributed by atoms with E-state index >= 15 is 0 Å². The molecule has 1 amide bonds. The van der Waals surface area contributed by atoms with Gasteiger partial charge in [0.15, 0.2) is 11.9 Å². The van der Waals surface area contributed by atoms with E-state index in [1.807, 2.05) is 24.3 Å². The van der Waals surface area contributed by atoms with Crippen LogP contribution in [0.1, 0.15) is 24.7 Å². The first kappa shape index (κ1) is 16.8. The molecule has 0 aliphatic carbocycles. The van der Waals surface area contributed by atoms with Crippen molar-refractivity contribution in [2.75, 3.05) is 5.32 Å². The third-order valence-electron chi connectivity index (χ3n) is 3.83. The number of ether oxygens (including phenoxy) is 1. The Kier molecular flexibility index (Phi) is 4.83. The predicted octanol–water partition coefficient (Wildman–Crippen LogP) is 2.97. The predicted molar refractivity (Wildman–Crippen MR) is 92.0 cm³/mol. The summed E-state index contributed by atoms with van der Waals surface area (Å²) in [5, 5.41) is 7.24. The van der Waals surface area contributed by atoms with Gasteiger partial charge in [0.05, 0.1) is 6.42 Å². The summed E-state index contributed by atoms with van der Waals surface area (Å²) in [7, 11) is 0. The van der Waals surface area contributed by atoms with Crippen LogP contribution in [0.3, 0.4) is 0 Å². The molecule has 3 aromatic rings. The van der Waals surface area contributed by atoms with Crippen LogP contribution in [0.15, 0.2) is 41.1 Å². The van der Waals surface area contributed by atoms with E-state index in [0.29, 0.717) is 18.0 Å². The van der Waals surface area contributed by atoms with E-state index in [9.17, 15) is 9.59 Å². The van der Waals surface area contributed by atoms with Gasteiger partial charge >= 0.3 is 5.97 Å². The molecule has 0 aliphatic heterocycles. The third kappa shape index (κ3) is 3.88. The van der Waals surface area contributed by atoms with Crippen molar-refractivity contribution < 1.29 is 18.8 Å². The average Bonchev–Trinajstić information content (AvgIpc) is 3.19. The molecule has 2 heterocycles. The summed E-state index contributed by atoms with van der Waals surface area (Å²) < 4.78 is 10.2. The van der Waals surface area contributed by atoms with Crippen molar-refractivity contribution in [2.45, 2.75) is 32.8 Å². The fourth-order valence-corrected chi connectivity index (χ4v) is 2.59. The van der Waals surface area contributed by atoms with Crippen LogP contribution in [-0.4, -0.2) is 28.1 Å². The summed E-state index contributed by atoms with van der Waals surface area (Å²) in [6, 6.07) is 9.30. The second-order valence-corrected chi connectivity index (χ2v) is 5.74. The van der Waals surface area contributed by atoms with Gasteiger partial charge in [-0.1, -0.05) is 30.3 Å². The number of anilines is 1. The van der Waals surface area contributed by atoms with Gasteiger partial charge in [0.2, 0.25) is 0 Å². The van der Waals surface area contributed by atoms with Gasteiger partial charge in [-0.05, 0) is 25.0 Å². The molecule has 0 unspecified atom stereocenters. The Morgan fingerprint density at radius 3 is 2.88 bits per heavy atom. The summed E-state index contributed by atoms with van der Waals surface area (Å²) in [6.07, 6.45) is 1.36. The third-order valence-corrected chi connectivity index (χ3v) is 3.83. The maximum Gasteiger partial charge on any atom is 0.311 e. The van der Waals surface area contributed by atoms with Gasteiger partial charge in [0, 0.05) is 23.2 Å². The van der Waals surface area contributed by atoms with Gasteiger partial charge in [-0.3, -0.25) is 9.59 Å². The highest BCUT2D eigenvalue weighted by atomic mass is 16.5. The Labute approximate surface area is 144 Å². The maximum absolute atomic E-state index is 12.2. The van der Waals surface area contributed by atoms with Gasteiger partial charge in [-0.15, -0.1) is 0 Å². The number of amides is 1. The van der Waals surface area contributed by atoms with E-state index in [-0.39, 0.29) is 6.42 Å². The van der Waals surface area contributed by atoms with Gasteiger partial charge in [0.1, 0.15) is 5.76 Å². The highest BCUT2D eigenvalue weighted by molar-refractivity contribution is 5.95. The summed E-state index contributed by atoms with van der Waals surface area (Å²) in [6.45, 7) is 3.50. The Hall–Kier alpha value is -3.09. The molecule has 7 nitrogen and oxygen atoms in total. The molecule has 0 saturated carbocycles. The first-order valence-electron chi connectivity index (χ1n) is 8.05. The topological polar surface area (TPSA) is 97.2 Å². The van der Waals surface area contributed by atoms with E-state index in [0.717, 1.165) is 16.5 Å². The number of aromatic nitrogens is 2. The lowest BCUT2D eigenvalue weighted by Crippen LogP contribution is -2.32. The van der Waals surface area contributed by atoms with Crippen LogP contribution in [0.5, 0.6) is 0 Å². The average molecular weight is 341 g/mol. The molecule has 2 aromatic heterocycles. The summed E-state index contributed by atoms with van der Waals surface area (Å²) >= 11 is 0. The van der Waals surface area contributed by atoms with Crippen molar-refractivity contribution in [2.24, 2.45) is 0 Å². The van der Waals surface area contributed by atoms with Crippen molar-refractivity contribution in [1.82, 2.24) is 10.1 Å². The minimum atomic E-state index is -0.880. The molecule has 130 valence electrons. The standard InChI is InChI=1S/C18H19N3O4/c1-3-15(18(23)20-16-8-11(2)25-21-16)24-17(22)9-12-10-19-14-7-5-4-6-13(12)14/h4-8,10,15,19H,3,9H2,1-2H3,(H,20,21,23)/t15-/m1/s1. The number of esters is 1. The fourth-order valence-electron chi connectivity index (χ4n) is 2.59. The van der Waals surface area contributed by atoms with Crippen LogP contribution in [0.2, 0.25) is 0 Å². The van der Waals surface area contributed by atoms with Crippen molar-refractivity contribution >= 4 is 28.6 Å². The monoisotopic (exact) mass is 341 g/mol. The second-order valence-electron chi connectivity index (χ2n) is 5.74. The number of hydrogen-bond acceptors (Lipinski definition) is 5. The molecule has 0 bridgehead atoms. The molecule has 0 fully saturated rings. The number of carbonyl (C=O) groups is 2. The van der Waals surface area contributed by atoms with Crippen LogP contribution in [0, 0.1) is 6.92 Å². The highest BCUT2D eigenvalue weighted by Gasteiger charge is 2.22. The van der Waals surface area contributed by atoms with Crippen molar-refractivity contribution in [3.05, 3.63) is 47.9 Å². The number of benzene rings is 1. The maximum atomic E-state index is 12.2. The summed E-state index contributed by atoms with van der Waals surface area (Å²) in [5.74, 6) is -0.000491. The molecule has 0 aliphatic rings. The molecular weight excluding hydrogens is 322 g/mol. The van der Waals surface area contributed by atoms with E-state index in [1.165, 1.54) is 0 Å². The zero-order valence-corrected chi connectivity index (χ0v) is 14.0. The quantitative estimate of drug-likeness (QED) is 0.672. The van der Waals surface area contributed by atoms with Crippen LogP contribution < -0.4 is 5.32 Å². The SMILES string of the molecule is CC[C@@H](OC(=O)Cc1c[nH]c2ccccc12)C(=O)Nc1cc(C)on1. The molecule has 7 heteroatoms. The number of hydrogen-bond donors (Lipinski definition) is 2. The van der Waals surface area contributed by atoms with E-state index < -0.39 is 18.0 Å². The molecule has 0 saturated heterocycles. The lowest BCUT2D eigenvalue weighted by atomic mass is 10.1. The smallest absolute Gasteiger partial charge is 0.311 e. The lowest BCUT2D eigenvalue weighted by Gasteiger charge is -2.14. The highest BCUT2D eigenvalue weighted by Crippen LogP contribution is 2.19. The van der Waals surface area contributed by atoms with Gasteiger partial charge in [0.25, 0.3) is 5.91 Å². The number of H-pyrrole nitrogens is 1. The number of aromatic amines is 1. The second kappa shape index (κ2) is 7.21. The number of carbonyl (C=O) groups excluding carboxylic acids is 2. The molecule has 25 heavy (non-hydrogen) atoms. The van der Waals surface area contributed by atoms with Gasteiger partial charge < -0.3 is 19.6 Å². The molecule has 2 N–H and O–H groups in total. The van der Waals surface area contributed by atoms with Crippen LogP contribution in [-0.2, 0) is 20.7 Å². The Balaban J connectivity index is 1.62. The zero-order valence-electron chi connectivity index (χ0n) is 14.0. The lowest BCUT2D eigenvalue weighted by molar-refractivity contribution is -0.153. The number of fused-ring (bicyclic) bond motifs is 1. The number of para-hydroxylation sites is 1. The van der Waals surface area contributed by atoms with Crippen LogP contribution >= 0.6 is 0 Å². The van der Waals surface area contributed by atoms with Crippen LogP contribution in [0.4, 0.5) is 5.82 Å². The summed E-state index contributed by atoms with van der Waals surface area (Å²) in [4.78, 5) is 27.6. The fraction of sp³-hybridized carbons (Fsp3) is 0.278. The molecular formula is C18H19N3O4. The van der Waals surface area contributed by atoms with Crippen molar-refractivity contribution in [3.63, 3.8) is 0 Å². The zero-order chi connectivity index (χ0) is 17.8. The van der Waals surface area contributed by atoms with Crippen molar-refractivity contribution in [1.29, 1.82) is 0 Å². The molecule has 1 atom stereocenters. The van der Waals surface area contributed by atoms with Gasteiger partial charge in [-0.2, -0.15) is 0 Å². The summed E-state index contributed by atoms with van der Waals surface area (Å²) in [5.41, 5.74) is 1.79. The normalized spacial score (nSPS) is 12.1. The molecule has 0 spiro atoms. The van der Waals surface area contributed by atoms with Crippen LogP contribution in [0.25, 0.3) is 10.9 Å². The Morgan fingerprint density at radius 1 is 1.36 bits per heavy atom.